The fourth-order valence-corrected chi connectivity index (χ4v) is 3.53. The van der Waals surface area contributed by atoms with E-state index in [9.17, 15) is 14.4 Å². The lowest BCUT2D eigenvalue weighted by molar-refractivity contribution is -0.151. The van der Waals surface area contributed by atoms with Crippen LogP contribution in [0.25, 0.3) is 0 Å². The molecule has 2 amide bonds. The molecule has 1 aromatic rings. The molecule has 2 heterocycles. The van der Waals surface area contributed by atoms with E-state index in [1.54, 1.807) is 6.07 Å². The maximum Gasteiger partial charge on any atom is 0.327 e. The van der Waals surface area contributed by atoms with Gasteiger partial charge in [0.05, 0.1) is 24.2 Å². The van der Waals surface area contributed by atoms with Crippen molar-refractivity contribution >= 4 is 17.8 Å². The normalized spacial score (nSPS) is 17.5. The Morgan fingerprint density at radius 1 is 1.37 bits per heavy atom. The molecule has 0 aromatic heterocycles. The molecule has 0 saturated carbocycles. The van der Waals surface area contributed by atoms with E-state index in [4.69, 9.17) is 20.8 Å². The summed E-state index contributed by atoms with van der Waals surface area (Å²) < 4.78 is 10.1. The summed E-state index contributed by atoms with van der Waals surface area (Å²) in [5.41, 5.74) is 6.21. The molecule has 1 unspecified atom stereocenters. The van der Waals surface area contributed by atoms with Crippen LogP contribution in [0.5, 0.6) is 5.75 Å². The van der Waals surface area contributed by atoms with Gasteiger partial charge in [0, 0.05) is 24.9 Å². The van der Waals surface area contributed by atoms with E-state index < -0.39 is 18.7 Å². The molecule has 3 rings (SSSR count). The molecule has 2 aliphatic heterocycles. The second kappa shape index (κ2) is 14.3. The van der Waals surface area contributed by atoms with Gasteiger partial charge >= 0.3 is 5.97 Å². The molecule has 35 heavy (non-hydrogen) atoms. The molecule has 1 aromatic carbocycles. The minimum Gasteiger partial charge on any atom is -0.487 e. The summed E-state index contributed by atoms with van der Waals surface area (Å²) in [6.45, 7) is 10.3. The zero-order chi connectivity index (χ0) is 26.6. The van der Waals surface area contributed by atoms with Crippen molar-refractivity contribution in [2.45, 2.75) is 65.5 Å². The molecule has 0 radical (unpaired) electrons. The third-order valence-corrected chi connectivity index (χ3v) is 4.90. The summed E-state index contributed by atoms with van der Waals surface area (Å²) in [7, 11) is 0. The van der Waals surface area contributed by atoms with Crippen molar-refractivity contribution in [2.24, 2.45) is 11.7 Å². The summed E-state index contributed by atoms with van der Waals surface area (Å²) in [6, 6.07) is 7.66. The van der Waals surface area contributed by atoms with Gasteiger partial charge in [-0.15, -0.1) is 0 Å². The molecule has 0 bridgehead atoms. The molecule has 10 nitrogen and oxygen atoms in total. The molecule has 1 saturated heterocycles. The molecule has 4 N–H and O–H groups in total. The largest absolute Gasteiger partial charge is 0.487 e. The molecular weight excluding hydrogens is 452 g/mol. The van der Waals surface area contributed by atoms with E-state index in [0.717, 1.165) is 36.6 Å². The number of aliphatic hydroxyl groups excluding tert-OH is 1. The van der Waals surface area contributed by atoms with Crippen LogP contribution in [-0.4, -0.2) is 59.8 Å². The number of benzene rings is 1. The van der Waals surface area contributed by atoms with E-state index in [1.165, 1.54) is 0 Å². The second-order valence-corrected chi connectivity index (χ2v) is 9.50. The fraction of sp³-hybridized carbons (Fsp3) is 0.600. The number of hydrogen-bond acceptors (Lipinski definition) is 8. The van der Waals surface area contributed by atoms with Gasteiger partial charge in [0.15, 0.2) is 6.79 Å². The van der Waals surface area contributed by atoms with E-state index in [0.29, 0.717) is 12.0 Å². The summed E-state index contributed by atoms with van der Waals surface area (Å²) in [5.74, 6) is 0.695. The Bertz CT molecular complexity index is 907. The number of hydrogen-bond donors (Lipinski definition) is 3. The van der Waals surface area contributed by atoms with Crippen molar-refractivity contribution < 1.29 is 29.0 Å². The number of rotatable bonds is 5. The second-order valence-electron chi connectivity index (χ2n) is 9.50. The Labute approximate surface area is 207 Å². The molecule has 1 fully saturated rings. The molecule has 1 atom stereocenters. The lowest BCUT2D eigenvalue weighted by atomic mass is 9.88. The summed E-state index contributed by atoms with van der Waals surface area (Å²) in [6.07, 6.45) is 2.32. The first kappa shape index (κ1) is 29.9. The highest BCUT2D eigenvalue weighted by molar-refractivity contribution is 5.82. The quantitative estimate of drug-likeness (QED) is 0.418. The highest BCUT2D eigenvalue weighted by Crippen LogP contribution is 2.44. The number of nitriles is 1. The minimum absolute atomic E-state index is 0.0250. The van der Waals surface area contributed by atoms with Gasteiger partial charge in [-0.2, -0.15) is 5.26 Å². The third-order valence-electron chi connectivity index (χ3n) is 4.90. The number of aliphatic hydroxyl groups is 1. The van der Waals surface area contributed by atoms with Gasteiger partial charge in [-0.1, -0.05) is 20.8 Å². The van der Waals surface area contributed by atoms with Gasteiger partial charge < -0.3 is 30.5 Å². The standard InChI is InChI=1S/C16H18N2O2.C5H10N2O4.C4H10/c1-16(2)9-13(18-7-3-4-15(18)19)12-8-11(10-17)5-6-14(12)20-16;6-1-4(9)7-2-5(10)11-3-8;1-4(2)3/h5-6,8,13H,3-4,7,9H2,1-2H3;8H,1-3,6H2,(H,7,9);4H,1-3H3. The molecule has 0 spiro atoms. The maximum absolute atomic E-state index is 12.1. The number of carbonyl (C=O) groups is 3. The Hall–Kier alpha value is -3.16. The molecule has 2 aliphatic rings. The van der Waals surface area contributed by atoms with Gasteiger partial charge in [-0.05, 0) is 44.4 Å². The van der Waals surface area contributed by atoms with E-state index in [1.807, 2.05) is 30.9 Å². The Balaban J connectivity index is 0.000000347. The van der Waals surface area contributed by atoms with E-state index in [2.05, 4.69) is 36.9 Å². The molecule has 0 aliphatic carbocycles. The van der Waals surface area contributed by atoms with Crippen LogP contribution in [-0.2, 0) is 19.1 Å². The number of ether oxygens (including phenoxy) is 2. The predicted molar refractivity (Wildman–Crippen MR) is 130 cm³/mol. The van der Waals surface area contributed by atoms with Crippen molar-refractivity contribution in [2.75, 3.05) is 26.4 Å². The van der Waals surface area contributed by atoms with Crippen LogP contribution in [0.2, 0.25) is 0 Å². The number of nitrogens with one attached hydrogen (secondary N) is 1. The first-order valence-corrected chi connectivity index (χ1v) is 11.7. The smallest absolute Gasteiger partial charge is 0.327 e. The van der Waals surface area contributed by atoms with Gasteiger partial charge in [0.25, 0.3) is 0 Å². The SMILES string of the molecule is CC(C)C.CC1(C)CC(N2CCCC2=O)c2cc(C#N)ccc2O1.NCC(=O)NCC(=O)OCO. The topological polar surface area (TPSA) is 155 Å². The minimum atomic E-state index is -0.700. The Morgan fingerprint density at radius 3 is 2.54 bits per heavy atom. The van der Waals surface area contributed by atoms with Gasteiger partial charge in [0.2, 0.25) is 11.8 Å². The van der Waals surface area contributed by atoms with E-state index in [-0.39, 0.29) is 30.6 Å². The highest BCUT2D eigenvalue weighted by Gasteiger charge is 2.39. The van der Waals surface area contributed by atoms with Gasteiger partial charge in [-0.3, -0.25) is 14.4 Å². The fourth-order valence-electron chi connectivity index (χ4n) is 3.53. The highest BCUT2D eigenvalue weighted by atomic mass is 16.6. The number of fused-ring (bicyclic) bond motifs is 1. The first-order valence-electron chi connectivity index (χ1n) is 11.7. The van der Waals surface area contributed by atoms with Crippen molar-refractivity contribution in [3.05, 3.63) is 29.3 Å². The monoisotopic (exact) mass is 490 g/mol. The van der Waals surface area contributed by atoms with Crippen molar-refractivity contribution in [3.63, 3.8) is 0 Å². The summed E-state index contributed by atoms with van der Waals surface area (Å²) in [5, 5.41) is 19.3. The van der Waals surface area contributed by atoms with Crippen LogP contribution in [0.4, 0.5) is 0 Å². The Kier molecular flexibility index (Phi) is 12.2. The molecule has 10 heteroatoms. The first-order chi connectivity index (χ1) is 16.4. The number of likely N-dealkylation sites (tertiary alicyclic amines) is 1. The van der Waals surface area contributed by atoms with Gasteiger partial charge in [0.1, 0.15) is 17.9 Å². The van der Waals surface area contributed by atoms with E-state index >= 15 is 0 Å². The summed E-state index contributed by atoms with van der Waals surface area (Å²) >= 11 is 0. The van der Waals surface area contributed by atoms with Crippen LogP contribution in [0, 0.1) is 17.2 Å². The van der Waals surface area contributed by atoms with Crippen molar-refractivity contribution in [3.8, 4) is 11.8 Å². The maximum atomic E-state index is 12.1. The Morgan fingerprint density at radius 2 is 2.03 bits per heavy atom. The number of nitrogens with two attached hydrogens (primary N) is 1. The number of nitrogens with zero attached hydrogens (tertiary/aromatic N) is 2. The number of carbonyl (C=O) groups excluding carboxylic acids is 3. The average molecular weight is 491 g/mol. The molecular formula is C25H38N4O6. The molecule has 194 valence electrons. The third kappa shape index (κ3) is 10.3. The zero-order valence-electron chi connectivity index (χ0n) is 21.3. The number of amides is 2. The van der Waals surface area contributed by atoms with Gasteiger partial charge in [-0.25, -0.2) is 0 Å². The zero-order valence-corrected chi connectivity index (χ0v) is 21.3. The van der Waals surface area contributed by atoms with Crippen molar-refractivity contribution in [1.29, 1.82) is 5.26 Å². The van der Waals surface area contributed by atoms with Crippen LogP contribution >= 0.6 is 0 Å². The predicted octanol–water partition coefficient (Wildman–Crippen LogP) is 2.00. The van der Waals surface area contributed by atoms with Crippen LogP contribution in [0.15, 0.2) is 18.2 Å². The lowest BCUT2D eigenvalue weighted by Gasteiger charge is -2.41. The van der Waals surface area contributed by atoms with Crippen molar-refractivity contribution in [1.82, 2.24) is 10.2 Å². The van der Waals surface area contributed by atoms with Crippen LogP contribution in [0.1, 0.15) is 71.0 Å². The average Bonchev–Trinajstić information content (AvgIpc) is 3.22. The summed E-state index contributed by atoms with van der Waals surface area (Å²) in [4.78, 5) is 34.9. The van der Waals surface area contributed by atoms with Crippen LogP contribution < -0.4 is 15.8 Å². The number of esters is 1. The lowest BCUT2D eigenvalue weighted by Crippen LogP contribution is -2.42. The van der Waals surface area contributed by atoms with Crippen LogP contribution in [0.3, 0.4) is 0 Å².